The molecule has 0 bridgehead atoms. The highest BCUT2D eigenvalue weighted by molar-refractivity contribution is 5.49. The molecule has 3 heterocycles. The van der Waals surface area contributed by atoms with Gasteiger partial charge >= 0.3 is 0 Å². The predicted molar refractivity (Wildman–Crippen MR) is 62.1 cm³/mol. The Bertz CT molecular complexity index is 399. The molecule has 0 aliphatic carbocycles. The van der Waals surface area contributed by atoms with Gasteiger partial charge in [-0.3, -0.25) is 0 Å². The highest BCUT2D eigenvalue weighted by atomic mass is 15.3. The van der Waals surface area contributed by atoms with Crippen LogP contribution in [0, 0.1) is 0 Å². The third-order valence-corrected chi connectivity index (χ3v) is 3.11. The summed E-state index contributed by atoms with van der Waals surface area (Å²) in [4.78, 5) is 11.2. The molecule has 6 nitrogen and oxygen atoms in total. The maximum atomic E-state index is 5.95. The van der Waals surface area contributed by atoms with E-state index in [1.165, 1.54) is 0 Å². The Hall–Kier alpha value is -1.40. The summed E-state index contributed by atoms with van der Waals surface area (Å²) in [5.74, 6) is 1.41. The molecule has 2 aliphatic rings. The fraction of sp³-hybridized carbons (Fsp3) is 0.600. The Kier molecular flexibility index (Phi) is 2.37. The minimum Gasteiger partial charge on any atom is -0.383 e. The molecule has 0 spiro atoms. The Labute approximate surface area is 94.2 Å². The Morgan fingerprint density at radius 3 is 2.69 bits per heavy atom. The van der Waals surface area contributed by atoms with Crippen LogP contribution in [0.15, 0.2) is 0 Å². The van der Waals surface area contributed by atoms with Crippen molar-refractivity contribution < 1.29 is 0 Å². The second-order valence-corrected chi connectivity index (χ2v) is 4.17. The molecule has 1 fully saturated rings. The van der Waals surface area contributed by atoms with Crippen LogP contribution < -0.4 is 21.3 Å². The number of hydrogen-bond acceptors (Lipinski definition) is 6. The van der Waals surface area contributed by atoms with Gasteiger partial charge in [0.15, 0.2) is 0 Å². The summed E-state index contributed by atoms with van der Waals surface area (Å²) in [5.41, 5.74) is 8.07. The maximum Gasteiger partial charge on any atom is 0.227 e. The molecule has 4 N–H and O–H groups in total. The first-order chi connectivity index (χ1) is 7.84. The fourth-order valence-electron chi connectivity index (χ4n) is 2.19. The summed E-state index contributed by atoms with van der Waals surface area (Å²) in [6.07, 6.45) is 0. The number of rotatable bonds is 1. The van der Waals surface area contributed by atoms with Crippen LogP contribution in [-0.4, -0.2) is 36.1 Å². The van der Waals surface area contributed by atoms with E-state index in [9.17, 15) is 0 Å². The molecule has 1 aromatic heterocycles. The van der Waals surface area contributed by atoms with E-state index < -0.39 is 0 Å². The third kappa shape index (κ3) is 1.60. The normalized spacial score (nSPS) is 19.9. The maximum absolute atomic E-state index is 5.95. The zero-order chi connectivity index (χ0) is 11.0. The van der Waals surface area contributed by atoms with Gasteiger partial charge in [0.25, 0.3) is 0 Å². The van der Waals surface area contributed by atoms with Gasteiger partial charge in [-0.1, -0.05) is 0 Å². The van der Waals surface area contributed by atoms with Crippen LogP contribution in [0.1, 0.15) is 11.3 Å². The highest BCUT2D eigenvalue weighted by Gasteiger charge is 2.20. The summed E-state index contributed by atoms with van der Waals surface area (Å²) >= 11 is 0. The van der Waals surface area contributed by atoms with Crippen LogP contribution in [0.3, 0.4) is 0 Å². The van der Waals surface area contributed by atoms with Gasteiger partial charge in [0.05, 0.1) is 5.69 Å². The number of anilines is 2. The van der Waals surface area contributed by atoms with Gasteiger partial charge in [-0.05, 0) is 0 Å². The lowest BCUT2D eigenvalue weighted by Gasteiger charge is -2.27. The van der Waals surface area contributed by atoms with E-state index in [1.54, 1.807) is 0 Å². The fourth-order valence-corrected chi connectivity index (χ4v) is 2.19. The Morgan fingerprint density at radius 1 is 1.06 bits per heavy atom. The first-order valence-corrected chi connectivity index (χ1v) is 5.66. The van der Waals surface area contributed by atoms with Crippen molar-refractivity contribution in [1.29, 1.82) is 0 Å². The second kappa shape index (κ2) is 3.88. The topological polar surface area (TPSA) is 79.1 Å². The summed E-state index contributed by atoms with van der Waals surface area (Å²) < 4.78 is 0. The number of nitrogen functional groups attached to an aromatic ring is 1. The van der Waals surface area contributed by atoms with E-state index in [4.69, 9.17) is 5.73 Å². The van der Waals surface area contributed by atoms with E-state index in [0.717, 1.165) is 56.5 Å². The second-order valence-electron chi connectivity index (χ2n) is 4.17. The Morgan fingerprint density at radius 2 is 1.88 bits per heavy atom. The van der Waals surface area contributed by atoms with Crippen molar-refractivity contribution in [3.05, 3.63) is 11.3 Å². The molecule has 0 aromatic carbocycles. The summed E-state index contributed by atoms with van der Waals surface area (Å²) in [6, 6.07) is 0. The quantitative estimate of drug-likeness (QED) is 0.567. The van der Waals surface area contributed by atoms with Gasteiger partial charge in [-0.25, -0.2) is 4.98 Å². The van der Waals surface area contributed by atoms with Crippen molar-refractivity contribution in [3.8, 4) is 0 Å². The van der Waals surface area contributed by atoms with E-state index in [2.05, 4.69) is 25.5 Å². The molecule has 3 rings (SSSR count). The van der Waals surface area contributed by atoms with Gasteiger partial charge in [-0.15, -0.1) is 0 Å². The summed E-state index contributed by atoms with van der Waals surface area (Å²) in [6.45, 7) is 5.47. The van der Waals surface area contributed by atoms with Crippen molar-refractivity contribution in [2.45, 2.75) is 13.1 Å². The van der Waals surface area contributed by atoms with Gasteiger partial charge in [0.1, 0.15) is 5.82 Å². The van der Waals surface area contributed by atoms with E-state index in [1.807, 2.05) is 0 Å². The zero-order valence-corrected chi connectivity index (χ0v) is 9.16. The molecule has 0 amide bonds. The SMILES string of the molecule is Nc1nc(N2CCNCC2)nc2c1CNC2. The third-order valence-electron chi connectivity index (χ3n) is 3.11. The van der Waals surface area contributed by atoms with Crippen LogP contribution in [0.5, 0.6) is 0 Å². The number of fused-ring (bicyclic) bond motifs is 1. The first kappa shape index (κ1) is 9.80. The number of hydrogen-bond donors (Lipinski definition) is 3. The molecule has 86 valence electrons. The van der Waals surface area contributed by atoms with Crippen molar-refractivity contribution in [2.24, 2.45) is 0 Å². The lowest BCUT2D eigenvalue weighted by Crippen LogP contribution is -2.44. The van der Waals surface area contributed by atoms with Gasteiger partial charge in [-0.2, -0.15) is 4.98 Å². The molecule has 0 unspecified atom stereocenters. The van der Waals surface area contributed by atoms with Crippen LogP contribution in [0.2, 0.25) is 0 Å². The molecule has 16 heavy (non-hydrogen) atoms. The number of nitrogens with two attached hydrogens (primary N) is 1. The molecular formula is C10H16N6. The van der Waals surface area contributed by atoms with E-state index >= 15 is 0 Å². The van der Waals surface area contributed by atoms with Gasteiger partial charge in [0.2, 0.25) is 5.95 Å². The minimum atomic E-state index is 0.628. The van der Waals surface area contributed by atoms with Crippen molar-refractivity contribution in [2.75, 3.05) is 36.8 Å². The van der Waals surface area contributed by atoms with Crippen LogP contribution >= 0.6 is 0 Å². The van der Waals surface area contributed by atoms with Gasteiger partial charge in [0, 0.05) is 44.8 Å². The Balaban J connectivity index is 1.92. The lowest BCUT2D eigenvalue weighted by molar-refractivity contribution is 0.579. The van der Waals surface area contributed by atoms with Crippen molar-refractivity contribution in [1.82, 2.24) is 20.6 Å². The predicted octanol–water partition coefficient (Wildman–Crippen LogP) is -0.928. The van der Waals surface area contributed by atoms with Gasteiger partial charge < -0.3 is 21.3 Å². The van der Waals surface area contributed by atoms with Crippen molar-refractivity contribution in [3.63, 3.8) is 0 Å². The molecule has 2 aliphatic heterocycles. The van der Waals surface area contributed by atoms with E-state index in [-0.39, 0.29) is 0 Å². The smallest absolute Gasteiger partial charge is 0.227 e. The number of nitrogens with zero attached hydrogens (tertiary/aromatic N) is 3. The molecular weight excluding hydrogens is 204 g/mol. The van der Waals surface area contributed by atoms with Crippen molar-refractivity contribution >= 4 is 11.8 Å². The average molecular weight is 220 g/mol. The summed E-state index contributed by atoms with van der Waals surface area (Å²) in [7, 11) is 0. The molecule has 1 aromatic rings. The first-order valence-electron chi connectivity index (χ1n) is 5.66. The zero-order valence-electron chi connectivity index (χ0n) is 9.16. The summed E-state index contributed by atoms with van der Waals surface area (Å²) in [5, 5.41) is 6.56. The monoisotopic (exact) mass is 220 g/mol. The van der Waals surface area contributed by atoms with Crippen LogP contribution in [0.25, 0.3) is 0 Å². The molecule has 0 saturated carbocycles. The number of nitrogens with one attached hydrogen (secondary N) is 2. The number of aromatic nitrogens is 2. The molecule has 1 saturated heterocycles. The molecule has 0 atom stereocenters. The van der Waals surface area contributed by atoms with E-state index in [0.29, 0.717) is 5.82 Å². The average Bonchev–Trinajstić information content (AvgIpc) is 2.79. The lowest BCUT2D eigenvalue weighted by atomic mass is 10.2. The molecule has 0 radical (unpaired) electrons. The highest BCUT2D eigenvalue weighted by Crippen LogP contribution is 2.21. The van der Waals surface area contributed by atoms with Crippen LogP contribution in [0.4, 0.5) is 11.8 Å². The van der Waals surface area contributed by atoms with Crippen LogP contribution in [-0.2, 0) is 13.1 Å². The largest absolute Gasteiger partial charge is 0.383 e. The standard InChI is InChI=1S/C10H16N6/c11-9-7-5-13-6-8(7)14-10(15-9)16-3-1-12-2-4-16/h12-13H,1-6H2,(H2,11,14,15). The number of piperazine rings is 1. The minimum absolute atomic E-state index is 0.628. The molecule has 6 heteroatoms.